The normalized spacial score (nSPS) is 13.1. The molecule has 156 valence electrons. The molecule has 0 aromatic heterocycles. The topological polar surface area (TPSA) is 46.5 Å². The Hall–Kier alpha value is -2.39. The van der Waals surface area contributed by atoms with E-state index in [4.69, 9.17) is 4.74 Å². The summed E-state index contributed by atoms with van der Waals surface area (Å²) in [6.07, 6.45) is 0.233. The third-order valence-electron chi connectivity index (χ3n) is 5.02. The molecule has 1 N–H and O–H groups in total. The second-order valence-electron chi connectivity index (χ2n) is 9.89. The van der Waals surface area contributed by atoms with Gasteiger partial charge in [-0.1, -0.05) is 83.5 Å². The predicted octanol–water partition coefficient (Wildman–Crippen LogP) is 6.07. The number of aliphatic hydroxyl groups excluding tert-OH is 1. The number of ether oxygens (including phenoxy) is 1. The first-order valence-corrected chi connectivity index (χ1v) is 10.0. The van der Waals surface area contributed by atoms with Crippen LogP contribution in [0.3, 0.4) is 0 Å². The molecule has 0 amide bonds. The molecule has 29 heavy (non-hydrogen) atoms. The Kier molecular flexibility index (Phi) is 6.44. The molecule has 2 aromatic carbocycles. The first-order chi connectivity index (χ1) is 13.2. The van der Waals surface area contributed by atoms with Crippen LogP contribution in [0.25, 0.3) is 0 Å². The molecule has 0 aliphatic rings. The second-order valence-corrected chi connectivity index (χ2v) is 9.89. The molecule has 0 aliphatic carbocycles. The molecule has 0 fully saturated rings. The van der Waals surface area contributed by atoms with Gasteiger partial charge >= 0.3 is 5.97 Å². The average molecular weight is 395 g/mol. The lowest BCUT2D eigenvalue weighted by Crippen LogP contribution is -2.19. The molecule has 1 atom stereocenters. The first-order valence-electron chi connectivity index (χ1n) is 10.0. The molecular formula is C26H34O3. The minimum atomic E-state index is -0.912. The monoisotopic (exact) mass is 394 g/mol. The Morgan fingerprint density at radius 2 is 1.55 bits per heavy atom. The van der Waals surface area contributed by atoms with Gasteiger partial charge in [0.1, 0.15) is 11.9 Å². The molecule has 0 radical (unpaired) electrons. The van der Waals surface area contributed by atoms with Crippen molar-refractivity contribution in [3.8, 4) is 5.75 Å². The van der Waals surface area contributed by atoms with Crippen LogP contribution < -0.4 is 4.74 Å². The minimum absolute atomic E-state index is 0.0399. The Morgan fingerprint density at radius 1 is 0.966 bits per heavy atom. The summed E-state index contributed by atoms with van der Waals surface area (Å²) in [5.74, 6) is -0.119. The Bertz CT molecular complexity index is 924. The first kappa shape index (κ1) is 22.9. The molecule has 0 heterocycles. The number of carbonyl (C=O) groups excluding carboxylic acids is 1. The van der Waals surface area contributed by atoms with E-state index in [0.29, 0.717) is 11.3 Å². The van der Waals surface area contributed by atoms with E-state index < -0.39 is 12.1 Å². The lowest BCUT2D eigenvalue weighted by Gasteiger charge is -2.27. The van der Waals surface area contributed by atoms with Gasteiger partial charge in [0, 0.05) is 17.2 Å². The van der Waals surface area contributed by atoms with Crippen molar-refractivity contribution in [1.29, 1.82) is 0 Å². The molecule has 3 nitrogen and oxygen atoms in total. The fourth-order valence-corrected chi connectivity index (χ4v) is 3.40. The minimum Gasteiger partial charge on any atom is -0.423 e. The third kappa shape index (κ3) is 5.36. The molecule has 3 heteroatoms. The molecule has 0 saturated carbocycles. The summed E-state index contributed by atoms with van der Waals surface area (Å²) in [4.78, 5) is 12.1. The van der Waals surface area contributed by atoms with E-state index in [0.717, 1.165) is 33.9 Å². The van der Waals surface area contributed by atoms with E-state index in [9.17, 15) is 9.90 Å². The average Bonchev–Trinajstić information content (AvgIpc) is 2.59. The fourth-order valence-electron chi connectivity index (χ4n) is 3.40. The lowest BCUT2D eigenvalue weighted by atomic mass is 9.81. The molecule has 0 unspecified atom stereocenters. The SMILES string of the molecule is C=CC(=O)Oc1c([C@@H](O)c2cc(C)cc(C(C)(C)C)c2)cc(C)cc1C(C)(C)C. The number of hydrogen-bond acceptors (Lipinski definition) is 3. The van der Waals surface area contributed by atoms with Gasteiger partial charge in [-0.3, -0.25) is 0 Å². The number of hydrogen-bond donors (Lipinski definition) is 1. The van der Waals surface area contributed by atoms with Crippen molar-refractivity contribution in [2.24, 2.45) is 0 Å². The van der Waals surface area contributed by atoms with E-state index in [1.54, 1.807) is 0 Å². The van der Waals surface area contributed by atoms with Crippen LogP contribution in [-0.4, -0.2) is 11.1 Å². The zero-order chi connectivity index (χ0) is 22.1. The summed E-state index contributed by atoms with van der Waals surface area (Å²) in [5.41, 5.74) is 5.20. The van der Waals surface area contributed by atoms with Gasteiger partial charge in [0.05, 0.1) is 0 Å². The molecular weight excluding hydrogens is 360 g/mol. The number of rotatable bonds is 4. The highest BCUT2D eigenvalue weighted by atomic mass is 16.5. The molecule has 0 saturated heterocycles. The maximum atomic E-state index is 12.1. The summed E-state index contributed by atoms with van der Waals surface area (Å²) in [6, 6.07) is 10.1. The molecule has 0 aliphatic heterocycles. The number of carbonyl (C=O) groups is 1. The van der Waals surface area contributed by atoms with Gasteiger partial charge in [0.25, 0.3) is 0 Å². The highest BCUT2D eigenvalue weighted by molar-refractivity contribution is 5.84. The van der Waals surface area contributed by atoms with Gasteiger partial charge in [0.2, 0.25) is 0 Å². The Morgan fingerprint density at radius 3 is 2.07 bits per heavy atom. The predicted molar refractivity (Wildman–Crippen MR) is 120 cm³/mol. The van der Waals surface area contributed by atoms with Crippen LogP contribution in [0.5, 0.6) is 5.75 Å². The molecule has 0 spiro atoms. The van der Waals surface area contributed by atoms with E-state index >= 15 is 0 Å². The van der Waals surface area contributed by atoms with Crippen LogP contribution in [0.2, 0.25) is 0 Å². The Balaban J connectivity index is 2.73. The van der Waals surface area contributed by atoms with Crippen LogP contribution in [0.15, 0.2) is 43.0 Å². The zero-order valence-corrected chi connectivity index (χ0v) is 19.0. The smallest absolute Gasteiger partial charge is 0.335 e. The quantitative estimate of drug-likeness (QED) is 0.389. The van der Waals surface area contributed by atoms with Crippen LogP contribution in [0.1, 0.15) is 81.0 Å². The third-order valence-corrected chi connectivity index (χ3v) is 5.02. The van der Waals surface area contributed by atoms with Crippen molar-refractivity contribution >= 4 is 5.97 Å². The van der Waals surface area contributed by atoms with E-state index in [2.05, 4.69) is 54.2 Å². The van der Waals surface area contributed by atoms with Crippen LogP contribution in [0, 0.1) is 13.8 Å². The van der Waals surface area contributed by atoms with E-state index in [-0.39, 0.29) is 10.8 Å². The summed E-state index contributed by atoms with van der Waals surface area (Å²) in [6.45, 7) is 20.2. The maximum absolute atomic E-state index is 12.1. The zero-order valence-electron chi connectivity index (χ0n) is 19.0. The highest BCUT2D eigenvalue weighted by Crippen LogP contribution is 2.40. The fraction of sp³-hybridized carbons (Fsp3) is 0.423. The van der Waals surface area contributed by atoms with Gasteiger partial charge in [-0.25, -0.2) is 4.79 Å². The van der Waals surface area contributed by atoms with Gasteiger partial charge in [-0.2, -0.15) is 0 Å². The van der Waals surface area contributed by atoms with Crippen LogP contribution >= 0.6 is 0 Å². The standard InChI is InChI=1S/C26H34O3/c1-10-22(27)29-24-20(13-17(3)14-21(24)26(7,8)9)23(28)18-11-16(2)12-19(15-18)25(4,5)6/h10-15,23,28H,1H2,2-9H3/t23-/m0/s1. The van der Waals surface area contributed by atoms with Crippen molar-refractivity contribution in [2.75, 3.05) is 0 Å². The summed E-state index contributed by atoms with van der Waals surface area (Å²) in [5, 5.41) is 11.4. The maximum Gasteiger partial charge on any atom is 0.335 e. The molecule has 2 rings (SSSR count). The van der Waals surface area contributed by atoms with E-state index in [1.807, 2.05) is 38.1 Å². The Labute approximate surface area is 175 Å². The number of aryl methyl sites for hydroxylation is 2. The van der Waals surface area contributed by atoms with Crippen molar-refractivity contribution < 1.29 is 14.6 Å². The highest BCUT2D eigenvalue weighted by Gasteiger charge is 2.27. The number of esters is 1. The van der Waals surface area contributed by atoms with Crippen molar-refractivity contribution in [1.82, 2.24) is 0 Å². The summed E-state index contributed by atoms with van der Waals surface area (Å²) >= 11 is 0. The van der Waals surface area contributed by atoms with Crippen LogP contribution in [-0.2, 0) is 15.6 Å². The van der Waals surface area contributed by atoms with Gasteiger partial charge in [-0.15, -0.1) is 0 Å². The van der Waals surface area contributed by atoms with Gasteiger partial charge < -0.3 is 9.84 Å². The van der Waals surface area contributed by atoms with E-state index in [1.165, 1.54) is 0 Å². The lowest BCUT2D eigenvalue weighted by molar-refractivity contribution is -0.129. The molecule has 0 bridgehead atoms. The largest absolute Gasteiger partial charge is 0.423 e. The van der Waals surface area contributed by atoms with Gasteiger partial charge in [0.15, 0.2) is 0 Å². The summed E-state index contributed by atoms with van der Waals surface area (Å²) in [7, 11) is 0. The second kappa shape index (κ2) is 8.16. The van der Waals surface area contributed by atoms with Crippen LogP contribution in [0.4, 0.5) is 0 Å². The van der Waals surface area contributed by atoms with Crippen molar-refractivity contribution in [2.45, 2.75) is 72.3 Å². The molecule has 2 aromatic rings. The number of aliphatic hydroxyl groups is 1. The van der Waals surface area contributed by atoms with Crippen molar-refractivity contribution in [3.63, 3.8) is 0 Å². The van der Waals surface area contributed by atoms with Crippen molar-refractivity contribution in [3.05, 3.63) is 76.4 Å². The van der Waals surface area contributed by atoms with Gasteiger partial charge in [-0.05, 0) is 41.9 Å². The summed E-state index contributed by atoms with van der Waals surface area (Å²) < 4.78 is 5.66. The number of benzene rings is 2.